The minimum Gasteiger partial charge on any atom is -0.512 e. The summed E-state index contributed by atoms with van der Waals surface area (Å²) >= 11 is 0. The third-order valence-corrected chi connectivity index (χ3v) is 9.42. The molecule has 0 amide bonds. The number of fused-ring (bicyclic) bond motifs is 6. The number of carbonyl (C=O) groups is 1. The Morgan fingerprint density at radius 1 is 0.957 bits per heavy atom. The normalized spacial score (nSPS) is 12.8. The number of rotatable bonds is 8. The van der Waals surface area contributed by atoms with Crippen molar-refractivity contribution in [3.63, 3.8) is 0 Å². The van der Waals surface area contributed by atoms with Gasteiger partial charge < -0.3 is 9.52 Å². The van der Waals surface area contributed by atoms with E-state index >= 15 is 0 Å². The molecule has 3 heterocycles. The van der Waals surface area contributed by atoms with Gasteiger partial charge in [0, 0.05) is 78.8 Å². The molecule has 0 atom stereocenters. The first-order chi connectivity index (χ1) is 22.1. The molecule has 0 saturated heterocycles. The molecular weight excluding hydrogens is 761 g/mol. The molecule has 249 valence electrons. The van der Waals surface area contributed by atoms with Crippen LogP contribution in [0.15, 0.2) is 77.3 Å². The first kappa shape index (κ1) is 36.2. The number of allylic oxidation sites excluding steroid dienone is 2. The van der Waals surface area contributed by atoms with Gasteiger partial charge in [-0.15, -0.1) is 29.1 Å². The van der Waals surface area contributed by atoms with E-state index < -0.39 is 0 Å². The third kappa shape index (κ3) is 7.60. The zero-order valence-electron chi connectivity index (χ0n) is 28.7. The summed E-state index contributed by atoms with van der Waals surface area (Å²) in [6.45, 7) is 14.8. The minimum atomic E-state index is 0. The van der Waals surface area contributed by atoms with Gasteiger partial charge in [0.2, 0.25) is 0 Å². The van der Waals surface area contributed by atoms with Gasteiger partial charge >= 0.3 is 0 Å². The molecule has 0 aliphatic heterocycles. The fourth-order valence-corrected chi connectivity index (χ4v) is 6.60. The number of ketones is 1. The van der Waals surface area contributed by atoms with Gasteiger partial charge in [-0.3, -0.25) is 14.8 Å². The summed E-state index contributed by atoms with van der Waals surface area (Å²) in [5, 5.41) is 13.3. The summed E-state index contributed by atoms with van der Waals surface area (Å²) in [5.41, 5.74) is 7.66. The molecule has 3 aromatic heterocycles. The number of aliphatic hydroxyl groups is 1. The maximum absolute atomic E-state index is 11.7. The van der Waals surface area contributed by atoms with Crippen molar-refractivity contribution < 1.29 is 34.4 Å². The molecule has 1 aliphatic carbocycles. The van der Waals surface area contributed by atoms with E-state index in [9.17, 15) is 9.90 Å². The molecule has 0 bridgehead atoms. The Hall–Kier alpha value is -3.60. The van der Waals surface area contributed by atoms with Crippen LogP contribution in [0.3, 0.4) is 0 Å². The Kier molecular flexibility index (Phi) is 12.0. The SMILES string of the molecule is CC(C)(C)c1cc(-c2nccc3c4c(oc23)-c2ccncc2CC4)[c-]c2ccccc12.CCC(CC)C(=O)/C=C(\O)C(CC)CC.[Ir]. The average molecular weight is 808 g/mol. The maximum atomic E-state index is 11.7. The number of aromatic nitrogens is 2. The van der Waals surface area contributed by atoms with E-state index in [1.807, 2.05) is 46.3 Å². The van der Waals surface area contributed by atoms with Crippen LogP contribution in [0.4, 0.5) is 0 Å². The second kappa shape index (κ2) is 15.5. The number of furan rings is 1. The van der Waals surface area contributed by atoms with E-state index in [0.29, 0.717) is 0 Å². The molecule has 0 fully saturated rings. The van der Waals surface area contributed by atoms with E-state index in [2.05, 4.69) is 74.3 Å². The van der Waals surface area contributed by atoms with Crippen LogP contribution in [0, 0.1) is 17.9 Å². The summed E-state index contributed by atoms with van der Waals surface area (Å²) in [6.07, 6.45) is 12.5. The van der Waals surface area contributed by atoms with E-state index in [4.69, 9.17) is 9.40 Å². The van der Waals surface area contributed by atoms with Crippen molar-refractivity contribution in [3.05, 3.63) is 95.6 Å². The predicted molar refractivity (Wildman–Crippen MR) is 189 cm³/mol. The number of carbonyl (C=O) groups excluding carboxylic acids is 1. The van der Waals surface area contributed by atoms with Gasteiger partial charge in [-0.2, -0.15) is 0 Å². The smallest absolute Gasteiger partial charge is 0.162 e. The summed E-state index contributed by atoms with van der Waals surface area (Å²) in [5.74, 6) is 1.51. The molecule has 5 aromatic rings. The Balaban J connectivity index is 0.000000269. The largest absolute Gasteiger partial charge is 0.512 e. The molecule has 6 rings (SSSR count). The van der Waals surface area contributed by atoms with Crippen molar-refractivity contribution in [1.82, 2.24) is 9.97 Å². The number of benzene rings is 2. The van der Waals surface area contributed by atoms with Gasteiger partial charge in [-0.1, -0.05) is 77.6 Å². The van der Waals surface area contributed by atoms with Gasteiger partial charge in [0.05, 0.1) is 5.76 Å². The number of hydrogen-bond acceptors (Lipinski definition) is 5. The number of aryl methyl sites for hydroxylation is 2. The van der Waals surface area contributed by atoms with Crippen molar-refractivity contribution in [1.29, 1.82) is 0 Å². The molecule has 0 saturated carbocycles. The zero-order chi connectivity index (χ0) is 33.0. The third-order valence-electron chi connectivity index (χ3n) is 9.42. The first-order valence-corrected chi connectivity index (χ1v) is 16.8. The number of pyridine rings is 2. The fraction of sp³-hybridized carbons (Fsp3) is 0.390. The van der Waals surface area contributed by atoms with Crippen LogP contribution < -0.4 is 0 Å². The van der Waals surface area contributed by atoms with E-state index in [1.165, 1.54) is 28.2 Å². The minimum absolute atomic E-state index is 0. The molecule has 1 aliphatic rings. The van der Waals surface area contributed by atoms with E-state index in [1.54, 1.807) is 0 Å². The molecule has 5 nitrogen and oxygen atoms in total. The molecule has 1 radical (unpaired) electrons. The van der Waals surface area contributed by atoms with Crippen molar-refractivity contribution >= 4 is 27.5 Å². The quantitative estimate of drug-likeness (QED) is 0.0960. The Morgan fingerprint density at radius 3 is 2.34 bits per heavy atom. The molecular formula is C41H47IrN2O3-. The van der Waals surface area contributed by atoms with Gasteiger partial charge in [0.25, 0.3) is 0 Å². The molecule has 0 unspecified atom stereocenters. The van der Waals surface area contributed by atoms with Crippen molar-refractivity contribution in [3.8, 4) is 22.6 Å². The average Bonchev–Trinajstić information content (AvgIpc) is 3.45. The molecule has 2 aromatic carbocycles. The number of aliphatic hydroxyl groups excluding tert-OH is 1. The first-order valence-electron chi connectivity index (χ1n) is 16.8. The fourth-order valence-electron chi connectivity index (χ4n) is 6.60. The second-order valence-corrected chi connectivity index (χ2v) is 13.4. The van der Waals surface area contributed by atoms with Gasteiger partial charge in [-0.25, -0.2) is 0 Å². The Labute approximate surface area is 293 Å². The molecule has 0 spiro atoms. The van der Waals surface area contributed by atoms with Crippen molar-refractivity contribution in [2.45, 2.75) is 92.4 Å². The van der Waals surface area contributed by atoms with Crippen molar-refractivity contribution in [2.75, 3.05) is 0 Å². The second-order valence-electron chi connectivity index (χ2n) is 13.4. The van der Waals surface area contributed by atoms with Gasteiger partial charge in [0.15, 0.2) is 5.78 Å². The van der Waals surface area contributed by atoms with Crippen LogP contribution in [-0.4, -0.2) is 20.9 Å². The summed E-state index contributed by atoms with van der Waals surface area (Å²) in [7, 11) is 0. The van der Waals surface area contributed by atoms with Crippen LogP contribution in [0.1, 0.15) is 90.8 Å². The Bertz CT molecular complexity index is 1870. The maximum Gasteiger partial charge on any atom is 0.162 e. The van der Waals surface area contributed by atoms with E-state index in [-0.39, 0.29) is 48.9 Å². The summed E-state index contributed by atoms with van der Waals surface area (Å²) in [6, 6.07) is 18.5. The van der Waals surface area contributed by atoms with Crippen LogP contribution in [0.25, 0.3) is 44.3 Å². The predicted octanol–water partition coefficient (Wildman–Crippen LogP) is 10.8. The molecule has 6 heteroatoms. The van der Waals surface area contributed by atoms with Crippen LogP contribution in [0.5, 0.6) is 0 Å². The van der Waals surface area contributed by atoms with Crippen molar-refractivity contribution in [2.24, 2.45) is 11.8 Å². The molecule has 47 heavy (non-hydrogen) atoms. The Morgan fingerprint density at radius 2 is 1.66 bits per heavy atom. The van der Waals surface area contributed by atoms with Crippen LogP contribution in [-0.2, 0) is 43.2 Å². The number of hydrogen-bond donors (Lipinski definition) is 1. The number of nitrogens with zero attached hydrogens (tertiary/aromatic N) is 2. The monoisotopic (exact) mass is 808 g/mol. The zero-order valence-corrected chi connectivity index (χ0v) is 31.1. The molecule has 1 N–H and O–H groups in total. The summed E-state index contributed by atoms with van der Waals surface area (Å²) in [4.78, 5) is 20.8. The van der Waals surface area contributed by atoms with E-state index in [0.717, 1.165) is 77.5 Å². The summed E-state index contributed by atoms with van der Waals surface area (Å²) < 4.78 is 6.53. The standard InChI is InChI=1S/C28H23N2O.C13H24O2.Ir/c1-28(2,3)24-15-19(14-17-6-4-5-7-20(17)24)25-27-23(11-13-30-25)22-9-8-18-16-29-12-10-21(18)26(22)31-27;1-5-10(6-2)12(14)9-13(15)11(7-3)8-4;/h4-7,10-13,15-16H,8-9H2,1-3H3;9-11,14H,5-8H2,1-4H3;/q-1;;/b;12-9-;. The van der Waals surface area contributed by atoms with Crippen LogP contribution in [0.2, 0.25) is 0 Å². The van der Waals surface area contributed by atoms with Gasteiger partial charge in [0.1, 0.15) is 11.3 Å². The van der Waals surface area contributed by atoms with Crippen LogP contribution >= 0.6 is 0 Å². The van der Waals surface area contributed by atoms with Gasteiger partial charge in [-0.05, 0) is 61.6 Å². The topological polar surface area (TPSA) is 76.2 Å².